The first-order valence-corrected chi connectivity index (χ1v) is 19.6. The fourth-order valence-electron chi connectivity index (χ4n) is 6.98. The third-order valence-corrected chi connectivity index (χ3v) is 11.3. The number of hydrogen-bond acceptors (Lipinski definition) is 9. The second-order valence-electron chi connectivity index (χ2n) is 14.0. The van der Waals surface area contributed by atoms with Crippen LogP contribution in [0.15, 0.2) is 132 Å². The Labute approximate surface area is 334 Å². The highest BCUT2D eigenvalue weighted by atomic mass is 32.2. The molecule has 5 aromatic rings. The number of carboxylic acid groups (broad SMARTS) is 1. The first kappa shape index (κ1) is 39.4. The molecule has 12 heteroatoms. The molecule has 2 aliphatic heterocycles. The van der Waals surface area contributed by atoms with Crippen LogP contribution >= 0.6 is 11.8 Å². The van der Waals surface area contributed by atoms with E-state index in [1.807, 2.05) is 103 Å². The average Bonchev–Trinajstić information content (AvgIpc) is 3.50. The maximum atomic E-state index is 13.3. The lowest BCUT2D eigenvalue weighted by atomic mass is 9.91. The molecular formula is C45H42N2O9S. The molecule has 57 heavy (non-hydrogen) atoms. The van der Waals surface area contributed by atoms with Gasteiger partial charge in [0.2, 0.25) is 5.91 Å². The molecule has 2 heterocycles. The number of imide groups is 1. The number of aliphatic hydroxyl groups excluding tert-OH is 1. The second kappa shape index (κ2) is 18.0. The molecule has 2 saturated heterocycles. The highest BCUT2D eigenvalue weighted by Gasteiger charge is 2.40. The van der Waals surface area contributed by atoms with Crippen LogP contribution in [0.2, 0.25) is 0 Å². The van der Waals surface area contributed by atoms with Crippen LogP contribution in [0.4, 0.5) is 4.79 Å². The van der Waals surface area contributed by atoms with Crippen molar-refractivity contribution in [2.75, 3.05) is 5.75 Å². The van der Waals surface area contributed by atoms with Crippen LogP contribution < -0.4 is 5.32 Å². The van der Waals surface area contributed by atoms with Crippen molar-refractivity contribution in [1.29, 1.82) is 0 Å². The zero-order valence-corrected chi connectivity index (χ0v) is 32.0. The molecule has 5 aromatic carbocycles. The van der Waals surface area contributed by atoms with Gasteiger partial charge in [-0.1, -0.05) is 110 Å². The Kier molecular flexibility index (Phi) is 12.4. The standard InChI is InChI=1S/C45H42N2O9S/c1-28-39(27-57-36-21-19-33(20-22-36)43(51)52)55-44(56-41(28)32-13-11-29(25-48)12-14-32)34-17-15-31(16-18-34)37-10-6-5-9-35(37)24-47-40(49)23-38(42(47)50)46-45(53)54-26-30-7-3-2-4-8-30/h2-22,28,38-39,41,44,48H,23-27H2,1H3,(H,46,53)(H,51,52). The van der Waals surface area contributed by atoms with Gasteiger partial charge in [-0.3, -0.25) is 14.5 Å². The van der Waals surface area contributed by atoms with Crippen molar-refractivity contribution in [3.05, 3.63) is 161 Å². The molecular weight excluding hydrogens is 745 g/mol. The number of carboxylic acids is 1. The quantitative estimate of drug-likeness (QED) is 0.0801. The number of rotatable bonds is 13. The number of likely N-dealkylation sites (tertiary alicyclic amines) is 1. The van der Waals surface area contributed by atoms with Crippen LogP contribution in [-0.4, -0.2) is 56.9 Å². The molecule has 3 amide bonds. The van der Waals surface area contributed by atoms with Crippen LogP contribution in [0.25, 0.3) is 11.1 Å². The summed E-state index contributed by atoms with van der Waals surface area (Å²) < 4.78 is 18.5. The summed E-state index contributed by atoms with van der Waals surface area (Å²) in [4.78, 5) is 52.3. The molecule has 5 unspecified atom stereocenters. The van der Waals surface area contributed by atoms with E-state index in [4.69, 9.17) is 14.2 Å². The van der Waals surface area contributed by atoms with Gasteiger partial charge in [0.25, 0.3) is 5.91 Å². The number of thioether (sulfide) groups is 1. The van der Waals surface area contributed by atoms with Crippen LogP contribution in [0.3, 0.4) is 0 Å². The molecule has 2 fully saturated rings. The van der Waals surface area contributed by atoms with Gasteiger partial charge in [-0.15, -0.1) is 11.8 Å². The van der Waals surface area contributed by atoms with Gasteiger partial charge in [-0.25, -0.2) is 9.59 Å². The molecule has 0 aliphatic carbocycles. The first-order valence-electron chi connectivity index (χ1n) is 18.6. The van der Waals surface area contributed by atoms with Gasteiger partial charge in [0.1, 0.15) is 12.6 Å². The number of nitrogens with zero attached hydrogens (tertiary/aromatic N) is 1. The van der Waals surface area contributed by atoms with Crippen molar-refractivity contribution in [3.63, 3.8) is 0 Å². The van der Waals surface area contributed by atoms with Gasteiger partial charge in [-0.2, -0.15) is 0 Å². The number of amides is 3. The maximum absolute atomic E-state index is 13.3. The number of ether oxygens (including phenoxy) is 3. The molecule has 5 atom stereocenters. The van der Waals surface area contributed by atoms with Crippen LogP contribution in [-0.2, 0) is 43.6 Å². The molecule has 292 valence electrons. The van der Waals surface area contributed by atoms with Crippen molar-refractivity contribution >= 4 is 35.6 Å². The van der Waals surface area contributed by atoms with E-state index < -0.39 is 30.3 Å². The number of hydrogen-bond donors (Lipinski definition) is 3. The maximum Gasteiger partial charge on any atom is 0.408 e. The third kappa shape index (κ3) is 9.44. The largest absolute Gasteiger partial charge is 0.478 e. The van der Waals surface area contributed by atoms with E-state index in [2.05, 4.69) is 12.2 Å². The topological polar surface area (TPSA) is 152 Å². The summed E-state index contributed by atoms with van der Waals surface area (Å²) in [5.74, 6) is -1.29. The molecule has 3 N–H and O–H groups in total. The summed E-state index contributed by atoms with van der Waals surface area (Å²) in [5, 5.41) is 21.5. The lowest BCUT2D eigenvalue weighted by Crippen LogP contribution is -2.41. The van der Waals surface area contributed by atoms with Gasteiger partial charge >= 0.3 is 12.1 Å². The number of nitrogens with one attached hydrogen (secondary N) is 1. The number of alkyl carbamates (subject to hydrolysis) is 1. The van der Waals surface area contributed by atoms with Gasteiger partial charge in [0, 0.05) is 22.1 Å². The Bertz CT molecular complexity index is 2200. The third-order valence-electron chi connectivity index (χ3n) is 10.2. The minimum atomic E-state index is -1.01. The number of aromatic carboxylic acids is 1. The van der Waals surface area contributed by atoms with E-state index in [1.165, 1.54) is 4.90 Å². The Morgan fingerprint density at radius 1 is 0.825 bits per heavy atom. The number of benzene rings is 5. The Morgan fingerprint density at radius 3 is 2.21 bits per heavy atom. The van der Waals surface area contributed by atoms with Crippen LogP contribution in [0.5, 0.6) is 0 Å². The minimum absolute atomic E-state index is 0.0364. The Morgan fingerprint density at radius 2 is 1.51 bits per heavy atom. The monoisotopic (exact) mass is 786 g/mol. The Hall–Kier alpha value is -5.79. The second-order valence-corrected chi connectivity index (χ2v) is 15.1. The zero-order chi connectivity index (χ0) is 39.9. The minimum Gasteiger partial charge on any atom is -0.478 e. The summed E-state index contributed by atoms with van der Waals surface area (Å²) in [6.07, 6.45) is -2.15. The van der Waals surface area contributed by atoms with Crippen molar-refractivity contribution in [1.82, 2.24) is 10.2 Å². The molecule has 0 radical (unpaired) electrons. The summed E-state index contributed by atoms with van der Waals surface area (Å²) in [6.45, 7) is 2.11. The van der Waals surface area contributed by atoms with Gasteiger partial charge in [0.15, 0.2) is 6.29 Å². The summed E-state index contributed by atoms with van der Waals surface area (Å²) >= 11 is 1.58. The van der Waals surface area contributed by atoms with Gasteiger partial charge in [-0.05, 0) is 57.6 Å². The lowest BCUT2D eigenvalue weighted by Gasteiger charge is -2.41. The van der Waals surface area contributed by atoms with Gasteiger partial charge < -0.3 is 29.7 Å². The lowest BCUT2D eigenvalue weighted by molar-refractivity contribution is -0.268. The van der Waals surface area contributed by atoms with E-state index in [0.717, 1.165) is 43.8 Å². The van der Waals surface area contributed by atoms with E-state index in [9.17, 15) is 29.4 Å². The van der Waals surface area contributed by atoms with Crippen molar-refractivity contribution in [3.8, 4) is 11.1 Å². The summed E-state index contributed by atoms with van der Waals surface area (Å²) in [7, 11) is 0. The number of aliphatic hydroxyl groups is 1. The normalized spacial score (nSPS) is 20.7. The van der Waals surface area contributed by atoms with Crippen molar-refractivity contribution in [2.45, 2.75) is 62.5 Å². The molecule has 2 aliphatic rings. The van der Waals surface area contributed by atoms with E-state index in [-0.39, 0.29) is 55.8 Å². The van der Waals surface area contributed by atoms with E-state index in [1.54, 1.807) is 36.0 Å². The fourth-order valence-corrected chi connectivity index (χ4v) is 8.05. The predicted molar refractivity (Wildman–Crippen MR) is 213 cm³/mol. The van der Waals surface area contributed by atoms with Crippen LogP contribution in [0.1, 0.15) is 63.9 Å². The molecule has 0 bridgehead atoms. The highest BCUT2D eigenvalue weighted by molar-refractivity contribution is 7.99. The van der Waals surface area contributed by atoms with E-state index in [0.29, 0.717) is 5.75 Å². The first-order chi connectivity index (χ1) is 27.7. The highest BCUT2D eigenvalue weighted by Crippen LogP contribution is 2.43. The van der Waals surface area contributed by atoms with E-state index >= 15 is 0 Å². The summed E-state index contributed by atoms with van der Waals surface area (Å²) in [5.41, 5.74) is 6.07. The summed E-state index contributed by atoms with van der Waals surface area (Å²) in [6, 6.07) is 38.0. The predicted octanol–water partition coefficient (Wildman–Crippen LogP) is 7.68. The molecule has 11 nitrogen and oxygen atoms in total. The Balaban J connectivity index is 1.05. The SMILES string of the molecule is CC1C(CSc2ccc(C(=O)O)cc2)OC(c2ccc(-c3ccccc3CN3C(=O)CC(NC(=O)OCc4ccccc4)C3=O)cc2)OC1c1ccc(CO)cc1. The van der Waals surface area contributed by atoms with Crippen LogP contribution in [0, 0.1) is 5.92 Å². The fraction of sp³-hybridized carbons (Fsp3) is 0.244. The molecule has 0 spiro atoms. The molecule has 7 rings (SSSR count). The molecule has 0 saturated carbocycles. The van der Waals surface area contributed by atoms with Crippen molar-refractivity contribution in [2.24, 2.45) is 5.92 Å². The smallest absolute Gasteiger partial charge is 0.408 e. The number of carbonyl (C=O) groups excluding carboxylic acids is 3. The molecule has 0 aromatic heterocycles. The van der Waals surface area contributed by atoms with Crippen molar-refractivity contribution < 1.29 is 43.6 Å². The zero-order valence-electron chi connectivity index (χ0n) is 31.2. The number of carbonyl (C=O) groups is 4. The average molecular weight is 787 g/mol. The van der Waals surface area contributed by atoms with Gasteiger partial charge in [0.05, 0.1) is 37.3 Å².